The normalized spacial score (nSPS) is 17.7. The zero-order valence-electron chi connectivity index (χ0n) is 17.9. The number of alkyl halides is 1. The van der Waals surface area contributed by atoms with Gasteiger partial charge in [0.1, 0.15) is 18.8 Å². The third kappa shape index (κ3) is 8.77. The Morgan fingerprint density at radius 2 is 1.90 bits per heavy atom. The summed E-state index contributed by atoms with van der Waals surface area (Å²) in [5.74, 6) is -2.03. The molecule has 0 saturated carbocycles. The Bertz CT molecular complexity index is 674. The van der Waals surface area contributed by atoms with Gasteiger partial charge in [0.15, 0.2) is 11.7 Å². The average Bonchev–Trinajstić information content (AvgIpc) is 3.17. The second kappa shape index (κ2) is 12.7. The number of carbonyl (C=O) groups is 4. The van der Waals surface area contributed by atoms with Crippen LogP contribution in [-0.4, -0.2) is 77.5 Å². The van der Waals surface area contributed by atoms with Gasteiger partial charge in [-0.05, 0) is 38.0 Å². The van der Waals surface area contributed by atoms with Gasteiger partial charge in [-0.2, -0.15) is 0 Å². The minimum Gasteiger partial charge on any atom is -0.465 e. The molecule has 0 spiro atoms. The molecule has 12 heteroatoms. The summed E-state index contributed by atoms with van der Waals surface area (Å²) in [7, 11) is 0. The Morgan fingerprint density at radius 1 is 1.23 bits per heavy atom. The minimum absolute atomic E-state index is 0.0471. The molecule has 176 valence electrons. The predicted molar refractivity (Wildman–Crippen MR) is 111 cm³/mol. The van der Waals surface area contributed by atoms with Crippen LogP contribution >= 0.6 is 0 Å². The van der Waals surface area contributed by atoms with E-state index in [0.29, 0.717) is 19.3 Å². The van der Waals surface area contributed by atoms with Gasteiger partial charge in [-0.15, -0.1) is 0 Å². The van der Waals surface area contributed by atoms with E-state index in [4.69, 9.17) is 16.2 Å². The summed E-state index contributed by atoms with van der Waals surface area (Å²) < 4.78 is 13.0. The van der Waals surface area contributed by atoms with E-state index >= 15 is 0 Å². The van der Waals surface area contributed by atoms with Crippen molar-refractivity contribution < 1.29 is 28.7 Å². The maximum atomic E-state index is 13.0. The Labute approximate surface area is 180 Å². The summed E-state index contributed by atoms with van der Waals surface area (Å²) >= 11 is 0. The first-order valence-electron chi connectivity index (χ1n) is 10.3. The van der Waals surface area contributed by atoms with Crippen LogP contribution in [0.25, 0.3) is 0 Å². The number of ketones is 1. The van der Waals surface area contributed by atoms with Crippen molar-refractivity contribution in [3.8, 4) is 0 Å². The first-order valence-corrected chi connectivity index (χ1v) is 10.3. The number of carboxylic acid groups (broad SMARTS) is 1. The van der Waals surface area contributed by atoms with Crippen molar-refractivity contribution >= 4 is 29.7 Å². The van der Waals surface area contributed by atoms with Crippen molar-refractivity contribution in [3.05, 3.63) is 0 Å². The lowest BCUT2D eigenvalue weighted by Gasteiger charge is -2.30. The maximum absolute atomic E-state index is 13.0. The largest absolute Gasteiger partial charge is 0.465 e. The van der Waals surface area contributed by atoms with Crippen LogP contribution in [0, 0.1) is 11.3 Å². The van der Waals surface area contributed by atoms with Crippen molar-refractivity contribution in [2.75, 3.05) is 19.8 Å². The topological polar surface area (TPSA) is 178 Å². The average molecular weight is 445 g/mol. The SMILES string of the molecule is CC(C)C[C@H](NC(=O)O)C(=O)N1CCC[C@H]1C(=O)N[C@@H](CCCNC(=N)N)C(=O)CF. The molecule has 11 nitrogen and oxygen atoms in total. The summed E-state index contributed by atoms with van der Waals surface area (Å²) in [6, 6.07) is -2.90. The van der Waals surface area contributed by atoms with Gasteiger partial charge in [-0.25, -0.2) is 9.18 Å². The minimum atomic E-state index is -1.33. The number of halogens is 1. The van der Waals surface area contributed by atoms with Crippen LogP contribution in [-0.2, 0) is 14.4 Å². The van der Waals surface area contributed by atoms with Gasteiger partial charge >= 0.3 is 6.09 Å². The third-order valence-electron chi connectivity index (χ3n) is 4.96. The molecule has 0 aliphatic carbocycles. The molecule has 7 N–H and O–H groups in total. The van der Waals surface area contributed by atoms with Crippen LogP contribution in [0.4, 0.5) is 9.18 Å². The van der Waals surface area contributed by atoms with Crippen LogP contribution in [0.2, 0.25) is 0 Å². The lowest BCUT2D eigenvalue weighted by Crippen LogP contribution is -2.55. The molecule has 3 amide bonds. The monoisotopic (exact) mass is 444 g/mol. The van der Waals surface area contributed by atoms with Crippen molar-refractivity contribution in [1.29, 1.82) is 5.41 Å². The van der Waals surface area contributed by atoms with E-state index in [1.54, 1.807) is 0 Å². The van der Waals surface area contributed by atoms with Crippen LogP contribution in [0.5, 0.6) is 0 Å². The number of carbonyl (C=O) groups excluding carboxylic acids is 3. The second-order valence-corrected chi connectivity index (χ2v) is 7.97. The fourth-order valence-corrected chi connectivity index (χ4v) is 3.55. The molecule has 1 saturated heterocycles. The smallest absolute Gasteiger partial charge is 0.405 e. The molecule has 0 aromatic rings. The van der Waals surface area contributed by atoms with Gasteiger partial charge < -0.3 is 31.7 Å². The molecular weight excluding hydrogens is 411 g/mol. The molecule has 1 aliphatic heterocycles. The van der Waals surface area contributed by atoms with Crippen molar-refractivity contribution in [1.82, 2.24) is 20.9 Å². The first-order chi connectivity index (χ1) is 14.6. The van der Waals surface area contributed by atoms with E-state index in [-0.39, 0.29) is 37.8 Å². The van der Waals surface area contributed by atoms with E-state index in [0.717, 1.165) is 0 Å². The van der Waals surface area contributed by atoms with Crippen LogP contribution in [0.3, 0.4) is 0 Å². The molecule has 0 unspecified atom stereocenters. The van der Waals surface area contributed by atoms with E-state index in [2.05, 4.69) is 16.0 Å². The van der Waals surface area contributed by atoms with Crippen molar-refractivity contribution in [3.63, 3.8) is 0 Å². The molecule has 0 bridgehead atoms. The van der Waals surface area contributed by atoms with Gasteiger partial charge in [0.25, 0.3) is 0 Å². The zero-order chi connectivity index (χ0) is 23.6. The van der Waals surface area contributed by atoms with Gasteiger partial charge in [0.2, 0.25) is 11.8 Å². The van der Waals surface area contributed by atoms with Gasteiger partial charge in [-0.1, -0.05) is 13.8 Å². The van der Waals surface area contributed by atoms with E-state index < -0.39 is 48.5 Å². The zero-order valence-corrected chi connectivity index (χ0v) is 17.9. The molecular formula is C19H33FN6O5. The van der Waals surface area contributed by atoms with E-state index in [1.807, 2.05) is 13.8 Å². The number of rotatable bonds is 12. The van der Waals surface area contributed by atoms with Crippen LogP contribution < -0.4 is 21.7 Å². The lowest BCUT2D eigenvalue weighted by molar-refractivity contribution is -0.141. The standard InChI is InChI=1S/C19H33FN6O5/c1-11(2)9-13(25-19(30)31)17(29)26-8-4-6-14(26)16(28)24-12(15(27)10-20)5-3-7-23-18(21)22/h11-14,25H,3-10H2,1-2H3,(H,24,28)(H,30,31)(H4,21,22,23)/t12-,13-,14-/m0/s1. The highest BCUT2D eigenvalue weighted by molar-refractivity contribution is 5.94. The summed E-state index contributed by atoms with van der Waals surface area (Å²) in [4.78, 5) is 50.1. The Morgan fingerprint density at radius 3 is 2.45 bits per heavy atom. The molecule has 3 atom stereocenters. The third-order valence-corrected chi connectivity index (χ3v) is 4.96. The number of nitrogens with two attached hydrogens (primary N) is 1. The molecule has 0 aromatic carbocycles. The molecule has 1 fully saturated rings. The fraction of sp³-hybridized carbons (Fsp3) is 0.737. The summed E-state index contributed by atoms with van der Waals surface area (Å²) in [5, 5.41) is 23.5. The van der Waals surface area contributed by atoms with Crippen molar-refractivity contribution in [2.45, 2.75) is 64.1 Å². The van der Waals surface area contributed by atoms with Gasteiger partial charge in [0.05, 0.1) is 6.04 Å². The van der Waals surface area contributed by atoms with Gasteiger partial charge in [-0.3, -0.25) is 19.8 Å². The predicted octanol–water partition coefficient (Wildman–Crippen LogP) is -0.0536. The number of hydrogen-bond donors (Lipinski definition) is 6. The number of guanidine groups is 1. The maximum Gasteiger partial charge on any atom is 0.405 e. The number of amides is 3. The fourth-order valence-electron chi connectivity index (χ4n) is 3.55. The second-order valence-electron chi connectivity index (χ2n) is 7.97. The Kier molecular flexibility index (Phi) is 10.7. The molecule has 31 heavy (non-hydrogen) atoms. The van der Waals surface area contributed by atoms with Crippen LogP contribution in [0.15, 0.2) is 0 Å². The molecule has 0 aromatic heterocycles. The first kappa shape index (κ1) is 26.1. The highest BCUT2D eigenvalue weighted by atomic mass is 19.1. The molecule has 1 heterocycles. The quantitative estimate of drug-likeness (QED) is 0.139. The number of nitrogens with one attached hydrogen (secondary N) is 4. The number of nitrogens with zero attached hydrogens (tertiary/aromatic N) is 1. The highest BCUT2D eigenvalue weighted by Gasteiger charge is 2.38. The van der Waals surface area contributed by atoms with Crippen LogP contribution in [0.1, 0.15) is 46.0 Å². The Hall–Kier alpha value is -2.92. The van der Waals surface area contributed by atoms with Gasteiger partial charge in [0, 0.05) is 13.1 Å². The molecule has 1 aliphatic rings. The number of likely N-dealkylation sites (tertiary alicyclic amines) is 1. The Balaban J connectivity index is 2.83. The van der Waals surface area contributed by atoms with E-state index in [1.165, 1.54) is 4.90 Å². The number of hydrogen-bond acceptors (Lipinski definition) is 5. The summed E-state index contributed by atoms with van der Waals surface area (Å²) in [5.41, 5.74) is 5.18. The lowest BCUT2D eigenvalue weighted by atomic mass is 10.0. The number of Topliss-reactive ketones (excluding diaryl/α,β-unsaturated/α-hetero) is 1. The van der Waals surface area contributed by atoms with E-state index in [9.17, 15) is 23.6 Å². The molecule has 1 rings (SSSR count). The summed E-state index contributed by atoms with van der Waals surface area (Å²) in [6.07, 6.45) is 0.375. The highest BCUT2D eigenvalue weighted by Crippen LogP contribution is 2.21. The summed E-state index contributed by atoms with van der Waals surface area (Å²) in [6.45, 7) is 3.04. The molecule has 0 radical (unpaired) electrons. The van der Waals surface area contributed by atoms with Crippen molar-refractivity contribution in [2.24, 2.45) is 11.7 Å².